The number of ether oxygens (including phenoxy) is 1. The molecular weight excluding hydrogens is 166 g/mol. The van der Waals surface area contributed by atoms with Crippen molar-refractivity contribution in [2.24, 2.45) is 5.92 Å². The monoisotopic (exact) mass is 185 g/mol. The van der Waals surface area contributed by atoms with Gasteiger partial charge in [0.1, 0.15) is 0 Å². The summed E-state index contributed by atoms with van der Waals surface area (Å²) >= 11 is 0. The van der Waals surface area contributed by atoms with Crippen molar-refractivity contribution in [3.8, 4) is 0 Å². The lowest BCUT2D eigenvalue weighted by Gasteiger charge is -2.24. The summed E-state index contributed by atoms with van der Waals surface area (Å²) in [6.07, 6.45) is 3.94. The van der Waals surface area contributed by atoms with Crippen LogP contribution in [0.25, 0.3) is 0 Å². The fourth-order valence-electron chi connectivity index (χ4n) is 2.61. The average molecular weight is 185 g/mol. The van der Waals surface area contributed by atoms with Crippen molar-refractivity contribution in [3.05, 3.63) is 0 Å². The maximum Gasteiger partial charge on any atom is 0.0697 e. The van der Waals surface area contributed by atoms with Crippen molar-refractivity contribution in [1.29, 1.82) is 0 Å². The Labute approximate surface area is 79.7 Å². The van der Waals surface area contributed by atoms with Gasteiger partial charge in [-0.15, -0.1) is 0 Å². The summed E-state index contributed by atoms with van der Waals surface area (Å²) in [5.41, 5.74) is 0. The Bertz CT molecular complexity index is 163. The van der Waals surface area contributed by atoms with E-state index in [4.69, 9.17) is 9.84 Å². The molecule has 0 spiro atoms. The smallest absolute Gasteiger partial charge is 0.0697 e. The third-order valence-electron chi connectivity index (χ3n) is 3.27. The van der Waals surface area contributed by atoms with Crippen LogP contribution in [-0.4, -0.2) is 49.0 Å². The van der Waals surface area contributed by atoms with Gasteiger partial charge in [-0.3, -0.25) is 0 Å². The fraction of sp³-hybridized carbons (Fsp3) is 1.00. The van der Waals surface area contributed by atoms with Gasteiger partial charge < -0.3 is 14.7 Å². The van der Waals surface area contributed by atoms with E-state index in [0.29, 0.717) is 6.61 Å². The van der Waals surface area contributed by atoms with Gasteiger partial charge in [0, 0.05) is 19.2 Å². The van der Waals surface area contributed by atoms with Crippen molar-refractivity contribution in [2.75, 3.05) is 32.9 Å². The van der Waals surface area contributed by atoms with Crippen molar-refractivity contribution in [3.63, 3.8) is 0 Å². The van der Waals surface area contributed by atoms with E-state index in [2.05, 4.69) is 4.90 Å². The third-order valence-corrected chi connectivity index (χ3v) is 3.27. The quantitative estimate of drug-likeness (QED) is 0.632. The molecule has 3 unspecified atom stereocenters. The highest BCUT2D eigenvalue weighted by atomic mass is 16.5. The minimum absolute atomic E-state index is 0.150. The van der Waals surface area contributed by atoms with Crippen LogP contribution >= 0.6 is 0 Å². The summed E-state index contributed by atoms with van der Waals surface area (Å²) in [6, 6.07) is 0.775. The van der Waals surface area contributed by atoms with Crippen molar-refractivity contribution < 1.29 is 9.84 Å². The van der Waals surface area contributed by atoms with Crippen LogP contribution in [0, 0.1) is 5.92 Å². The zero-order valence-electron chi connectivity index (χ0n) is 8.11. The topological polar surface area (TPSA) is 32.7 Å². The highest BCUT2D eigenvalue weighted by Crippen LogP contribution is 2.33. The molecule has 2 rings (SSSR count). The molecule has 2 aliphatic rings. The van der Waals surface area contributed by atoms with Gasteiger partial charge in [0.15, 0.2) is 0 Å². The van der Waals surface area contributed by atoms with E-state index in [1.54, 1.807) is 0 Å². The van der Waals surface area contributed by atoms with Crippen LogP contribution in [0.5, 0.6) is 0 Å². The van der Waals surface area contributed by atoms with E-state index in [-0.39, 0.29) is 6.61 Å². The Hall–Kier alpha value is -0.120. The SMILES string of the molecule is OCCOCCC1CC2CCN1C2. The Morgan fingerprint density at radius 3 is 2.92 bits per heavy atom. The number of hydrogen-bond donors (Lipinski definition) is 1. The lowest BCUT2D eigenvalue weighted by molar-refractivity contribution is 0.0763. The van der Waals surface area contributed by atoms with Gasteiger partial charge in [0.25, 0.3) is 0 Å². The second-order valence-corrected chi connectivity index (χ2v) is 4.16. The summed E-state index contributed by atoms with van der Waals surface area (Å²) in [5, 5.41) is 8.53. The summed E-state index contributed by atoms with van der Waals surface area (Å²) in [7, 11) is 0. The molecule has 1 N–H and O–H groups in total. The molecule has 3 heteroatoms. The van der Waals surface area contributed by atoms with Crippen LogP contribution in [0.4, 0.5) is 0 Å². The Kier molecular flexibility index (Phi) is 3.19. The first-order chi connectivity index (χ1) is 6.40. The molecule has 13 heavy (non-hydrogen) atoms. The zero-order chi connectivity index (χ0) is 9.10. The number of fused-ring (bicyclic) bond motifs is 2. The molecule has 0 aliphatic carbocycles. The van der Waals surface area contributed by atoms with Gasteiger partial charge >= 0.3 is 0 Å². The predicted molar refractivity (Wildman–Crippen MR) is 50.6 cm³/mol. The molecule has 2 saturated heterocycles. The highest BCUT2D eigenvalue weighted by Gasteiger charge is 2.36. The molecule has 2 bridgehead atoms. The molecule has 3 atom stereocenters. The minimum Gasteiger partial charge on any atom is -0.394 e. The van der Waals surface area contributed by atoms with Gasteiger partial charge in [-0.2, -0.15) is 0 Å². The van der Waals surface area contributed by atoms with Crippen LogP contribution < -0.4 is 0 Å². The Morgan fingerprint density at radius 1 is 1.38 bits per heavy atom. The molecule has 0 aromatic rings. The van der Waals surface area contributed by atoms with E-state index in [1.165, 1.54) is 25.9 Å². The van der Waals surface area contributed by atoms with E-state index in [1.807, 2.05) is 0 Å². The molecule has 3 nitrogen and oxygen atoms in total. The van der Waals surface area contributed by atoms with Crippen molar-refractivity contribution in [2.45, 2.75) is 25.3 Å². The maximum atomic E-state index is 8.53. The number of hydrogen-bond acceptors (Lipinski definition) is 3. The van der Waals surface area contributed by atoms with Crippen LogP contribution in [-0.2, 0) is 4.74 Å². The largest absolute Gasteiger partial charge is 0.394 e. The van der Waals surface area contributed by atoms with Gasteiger partial charge in [0.2, 0.25) is 0 Å². The highest BCUT2D eigenvalue weighted by molar-refractivity contribution is 4.91. The average Bonchev–Trinajstić information content (AvgIpc) is 2.73. The zero-order valence-corrected chi connectivity index (χ0v) is 8.11. The van der Waals surface area contributed by atoms with Gasteiger partial charge in [-0.25, -0.2) is 0 Å². The first-order valence-electron chi connectivity index (χ1n) is 5.33. The number of nitrogens with zero attached hydrogens (tertiary/aromatic N) is 1. The molecule has 0 amide bonds. The maximum absolute atomic E-state index is 8.53. The molecule has 0 aromatic heterocycles. The first-order valence-corrected chi connectivity index (χ1v) is 5.33. The molecule has 2 heterocycles. The lowest BCUT2D eigenvalue weighted by atomic mass is 9.99. The number of rotatable bonds is 5. The van der Waals surface area contributed by atoms with Gasteiger partial charge in [-0.05, 0) is 31.7 Å². The Balaban J connectivity index is 1.60. The first kappa shape index (κ1) is 9.44. The molecule has 76 valence electrons. The van der Waals surface area contributed by atoms with Crippen molar-refractivity contribution >= 4 is 0 Å². The van der Waals surface area contributed by atoms with E-state index in [9.17, 15) is 0 Å². The van der Waals surface area contributed by atoms with E-state index >= 15 is 0 Å². The van der Waals surface area contributed by atoms with Gasteiger partial charge in [0.05, 0.1) is 13.2 Å². The molecule has 0 aromatic carbocycles. The molecule has 0 saturated carbocycles. The lowest BCUT2D eigenvalue weighted by Crippen LogP contribution is -2.30. The number of aliphatic hydroxyl groups excluding tert-OH is 1. The minimum atomic E-state index is 0.150. The normalized spacial score (nSPS) is 37.2. The second-order valence-electron chi connectivity index (χ2n) is 4.16. The van der Waals surface area contributed by atoms with Crippen LogP contribution in [0.3, 0.4) is 0 Å². The van der Waals surface area contributed by atoms with Gasteiger partial charge in [-0.1, -0.05) is 0 Å². The van der Waals surface area contributed by atoms with Crippen LogP contribution in [0.2, 0.25) is 0 Å². The summed E-state index contributed by atoms with van der Waals surface area (Å²) < 4.78 is 5.28. The Morgan fingerprint density at radius 2 is 2.31 bits per heavy atom. The fourth-order valence-corrected chi connectivity index (χ4v) is 2.61. The summed E-state index contributed by atoms with van der Waals surface area (Å²) in [4.78, 5) is 2.59. The molecular formula is C10H19NO2. The predicted octanol–water partition coefficient (Wildman–Crippen LogP) is 0.480. The molecule has 2 aliphatic heterocycles. The van der Waals surface area contributed by atoms with Crippen molar-refractivity contribution in [1.82, 2.24) is 4.90 Å². The number of piperidine rings is 1. The molecule has 2 fully saturated rings. The van der Waals surface area contributed by atoms with Crippen LogP contribution in [0.1, 0.15) is 19.3 Å². The summed E-state index contributed by atoms with van der Waals surface area (Å²) in [6.45, 7) is 4.08. The van der Waals surface area contributed by atoms with Crippen LogP contribution in [0.15, 0.2) is 0 Å². The molecule has 0 radical (unpaired) electrons. The second kappa shape index (κ2) is 4.40. The van der Waals surface area contributed by atoms with E-state index in [0.717, 1.165) is 25.0 Å². The summed E-state index contributed by atoms with van der Waals surface area (Å²) in [5.74, 6) is 0.975. The standard InChI is InChI=1S/C10H19NO2/c12-4-6-13-5-2-10-7-9-1-3-11(10)8-9/h9-10,12H,1-8H2. The number of aliphatic hydroxyl groups is 1. The van der Waals surface area contributed by atoms with E-state index < -0.39 is 0 Å². The third kappa shape index (κ3) is 2.22.